The first kappa shape index (κ1) is 17.5. The fourth-order valence-corrected chi connectivity index (χ4v) is 3.07. The molecular formula is C20H24FN3O. The van der Waals surface area contributed by atoms with Gasteiger partial charge in [-0.1, -0.05) is 24.3 Å². The summed E-state index contributed by atoms with van der Waals surface area (Å²) < 4.78 is 15.0. The SMILES string of the molecule is Cc1ccc(CNCC2(F)CCN(C(=O)c3ccccc3)CC2)nc1. The number of nitrogens with zero attached hydrogens (tertiary/aromatic N) is 2. The van der Waals surface area contributed by atoms with Crippen LogP contribution in [0.2, 0.25) is 0 Å². The molecule has 25 heavy (non-hydrogen) atoms. The van der Waals surface area contributed by atoms with Gasteiger partial charge >= 0.3 is 0 Å². The number of pyridine rings is 1. The molecular weight excluding hydrogens is 317 g/mol. The summed E-state index contributed by atoms with van der Waals surface area (Å²) in [6, 6.07) is 13.1. The number of hydrogen-bond acceptors (Lipinski definition) is 3. The zero-order chi connectivity index (χ0) is 17.7. The number of rotatable bonds is 5. The van der Waals surface area contributed by atoms with Crippen molar-refractivity contribution in [1.29, 1.82) is 0 Å². The third-order valence-corrected chi connectivity index (χ3v) is 4.69. The number of aryl methyl sites for hydroxylation is 1. The molecule has 1 aliphatic rings. The van der Waals surface area contributed by atoms with Gasteiger partial charge in [0.05, 0.1) is 5.69 Å². The molecule has 0 saturated carbocycles. The van der Waals surface area contributed by atoms with E-state index < -0.39 is 5.67 Å². The molecule has 1 amide bonds. The van der Waals surface area contributed by atoms with Crippen molar-refractivity contribution in [2.24, 2.45) is 0 Å². The van der Waals surface area contributed by atoms with E-state index in [1.165, 1.54) is 0 Å². The van der Waals surface area contributed by atoms with E-state index in [9.17, 15) is 9.18 Å². The molecule has 132 valence electrons. The Balaban J connectivity index is 1.47. The van der Waals surface area contributed by atoms with Crippen LogP contribution in [0.3, 0.4) is 0 Å². The van der Waals surface area contributed by atoms with Crippen LogP contribution in [0.1, 0.15) is 34.5 Å². The van der Waals surface area contributed by atoms with Crippen molar-refractivity contribution in [3.05, 3.63) is 65.5 Å². The lowest BCUT2D eigenvalue weighted by molar-refractivity contribution is 0.0434. The first-order valence-electron chi connectivity index (χ1n) is 8.71. The van der Waals surface area contributed by atoms with E-state index >= 15 is 0 Å². The number of halogens is 1. The molecule has 5 heteroatoms. The minimum absolute atomic E-state index is 0.0144. The number of hydrogen-bond donors (Lipinski definition) is 1. The number of carbonyl (C=O) groups excluding carboxylic acids is 1. The van der Waals surface area contributed by atoms with Crippen molar-refractivity contribution in [2.45, 2.75) is 32.0 Å². The predicted molar refractivity (Wildman–Crippen MR) is 96.1 cm³/mol. The fraction of sp³-hybridized carbons (Fsp3) is 0.400. The molecule has 1 fully saturated rings. The lowest BCUT2D eigenvalue weighted by Gasteiger charge is -2.36. The molecule has 0 radical (unpaired) electrons. The standard InChI is InChI=1S/C20H24FN3O/c1-16-7-8-18(23-13-16)14-22-15-20(21)9-11-24(12-10-20)19(25)17-5-3-2-4-6-17/h2-8,13,22H,9-12,14-15H2,1H3. The first-order valence-corrected chi connectivity index (χ1v) is 8.71. The molecule has 2 aromatic rings. The molecule has 1 saturated heterocycles. The average molecular weight is 341 g/mol. The number of amides is 1. The third kappa shape index (κ3) is 4.63. The number of likely N-dealkylation sites (tertiary alicyclic amines) is 1. The topological polar surface area (TPSA) is 45.2 Å². The van der Waals surface area contributed by atoms with Crippen LogP contribution < -0.4 is 5.32 Å². The molecule has 0 unspecified atom stereocenters. The van der Waals surface area contributed by atoms with Crippen LogP contribution in [0, 0.1) is 6.92 Å². The van der Waals surface area contributed by atoms with E-state index in [1.807, 2.05) is 43.5 Å². The highest BCUT2D eigenvalue weighted by molar-refractivity contribution is 5.94. The Bertz CT molecular complexity index is 695. The summed E-state index contributed by atoms with van der Waals surface area (Å²) in [5, 5.41) is 3.17. The fourth-order valence-electron chi connectivity index (χ4n) is 3.07. The van der Waals surface area contributed by atoms with Crippen LogP contribution in [0.4, 0.5) is 4.39 Å². The van der Waals surface area contributed by atoms with Gasteiger partial charge in [0.2, 0.25) is 0 Å². The summed E-state index contributed by atoms with van der Waals surface area (Å²) >= 11 is 0. The summed E-state index contributed by atoms with van der Waals surface area (Å²) in [5.41, 5.74) is 1.42. The molecule has 0 atom stereocenters. The van der Waals surface area contributed by atoms with E-state index in [4.69, 9.17) is 0 Å². The quantitative estimate of drug-likeness (QED) is 0.909. The normalized spacial score (nSPS) is 16.6. The number of benzene rings is 1. The number of alkyl halides is 1. The minimum atomic E-state index is -1.27. The van der Waals surface area contributed by atoms with Gasteiger partial charge in [-0.2, -0.15) is 0 Å². The average Bonchev–Trinajstić information content (AvgIpc) is 2.64. The van der Waals surface area contributed by atoms with Gasteiger partial charge in [0.1, 0.15) is 5.67 Å². The van der Waals surface area contributed by atoms with Crippen molar-refractivity contribution in [3.63, 3.8) is 0 Å². The van der Waals surface area contributed by atoms with Crippen molar-refractivity contribution >= 4 is 5.91 Å². The number of piperidine rings is 1. The van der Waals surface area contributed by atoms with Gasteiger partial charge in [0.25, 0.3) is 5.91 Å². The Labute approximate surface area is 148 Å². The van der Waals surface area contributed by atoms with Crippen molar-refractivity contribution in [2.75, 3.05) is 19.6 Å². The maximum atomic E-state index is 15.0. The van der Waals surface area contributed by atoms with Crippen LogP contribution >= 0.6 is 0 Å². The minimum Gasteiger partial charge on any atom is -0.338 e. The van der Waals surface area contributed by atoms with E-state index in [-0.39, 0.29) is 12.5 Å². The molecule has 1 N–H and O–H groups in total. The van der Waals surface area contributed by atoms with Gasteiger partial charge in [-0.15, -0.1) is 0 Å². The summed E-state index contributed by atoms with van der Waals surface area (Å²) in [4.78, 5) is 18.5. The van der Waals surface area contributed by atoms with E-state index in [0.717, 1.165) is 11.3 Å². The zero-order valence-electron chi connectivity index (χ0n) is 14.5. The summed E-state index contributed by atoms with van der Waals surface area (Å²) in [5.74, 6) is -0.0144. The van der Waals surface area contributed by atoms with Crippen LogP contribution in [0.15, 0.2) is 48.7 Å². The summed E-state index contributed by atoms with van der Waals surface area (Å²) in [7, 11) is 0. The van der Waals surface area contributed by atoms with Crippen LogP contribution in [-0.4, -0.2) is 41.1 Å². The van der Waals surface area contributed by atoms with Gasteiger partial charge < -0.3 is 10.2 Å². The molecule has 3 rings (SSSR count). The predicted octanol–water partition coefficient (Wildman–Crippen LogP) is 3.12. The van der Waals surface area contributed by atoms with Gasteiger partial charge in [0.15, 0.2) is 0 Å². The lowest BCUT2D eigenvalue weighted by Crippen LogP contribution is -2.48. The Morgan fingerprint density at radius 2 is 1.92 bits per heavy atom. The molecule has 0 spiro atoms. The Morgan fingerprint density at radius 1 is 1.20 bits per heavy atom. The Hall–Kier alpha value is -2.27. The van der Waals surface area contributed by atoms with Gasteiger partial charge in [-0.25, -0.2) is 4.39 Å². The van der Waals surface area contributed by atoms with Crippen LogP contribution in [-0.2, 0) is 6.54 Å². The molecule has 1 aliphatic heterocycles. The molecule has 0 aliphatic carbocycles. The monoisotopic (exact) mass is 341 g/mol. The number of nitrogens with one attached hydrogen (secondary N) is 1. The number of carbonyl (C=O) groups is 1. The largest absolute Gasteiger partial charge is 0.338 e. The van der Waals surface area contributed by atoms with E-state index in [1.54, 1.807) is 17.0 Å². The second-order valence-corrected chi connectivity index (χ2v) is 6.74. The van der Waals surface area contributed by atoms with E-state index in [2.05, 4.69) is 10.3 Å². The molecule has 1 aromatic heterocycles. The maximum Gasteiger partial charge on any atom is 0.253 e. The van der Waals surface area contributed by atoms with Crippen molar-refractivity contribution in [1.82, 2.24) is 15.2 Å². The zero-order valence-corrected chi connectivity index (χ0v) is 14.5. The summed E-state index contributed by atoms with van der Waals surface area (Å²) in [6.07, 6.45) is 2.54. The van der Waals surface area contributed by atoms with Gasteiger partial charge in [0, 0.05) is 50.8 Å². The highest BCUT2D eigenvalue weighted by Gasteiger charge is 2.35. The Kier molecular flexibility index (Phi) is 5.43. The van der Waals surface area contributed by atoms with Gasteiger partial charge in [-0.3, -0.25) is 9.78 Å². The molecule has 4 nitrogen and oxygen atoms in total. The molecule has 2 heterocycles. The van der Waals surface area contributed by atoms with Crippen molar-refractivity contribution in [3.8, 4) is 0 Å². The van der Waals surface area contributed by atoms with Gasteiger partial charge in [-0.05, 0) is 30.7 Å². The molecule has 1 aromatic carbocycles. The lowest BCUT2D eigenvalue weighted by atomic mass is 9.92. The first-order chi connectivity index (χ1) is 12.1. The smallest absolute Gasteiger partial charge is 0.253 e. The van der Waals surface area contributed by atoms with Crippen LogP contribution in [0.25, 0.3) is 0 Å². The van der Waals surface area contributed by atoms with E-state index in [0.29, 0.717) is 38.0 Å². The van der Waals surface area contributed by atoms with Crippen molar-refractivity contribution < 1.29 is 9.18 Å². The summed E-state index contributed by atoms with van der Waals surface area (Å²) in [6.45, 7) is 3.74. The third-order valence-electron chi connectivity index (χ3n) is 4.69. The second-order valence-electron chi connectivity index (χ2n) is 6.74. The highest BCUT2D eigenvalue weighted by atomic mass is 19.1. The Morgan fingerprint density at radius 3 is 2.56 bits per heavy atom. The maximum absolute atomic E-state index is 15.0. The second kappa shape index (κ2) is 7.74. The van der Waals surface area contributed by atoms with Crippen LogP contribution in [0.5, 0.6) is 0 Å². The highest BCUT2D eigenvalue weighted by Crippen LogP contribution is 2.26. The number of aromatic nitrogens is 1. The molecule has 0 bridgehead atoms.